The van der Waals surface area contributed by atoms with Gasteiger partial charge < -0.3 is 4.42 Å². The van der Waals surface area contributed by atoms with Crippen LogP contribution < -0.4 is 0 Å². The Morgan fingerprint density at radius 3 is 2.80 bits per heavy atom. The molecule has 0 bridgehead atoms. The molecule has 1 radical (unpaired) electrons. The largest absolute Gasteiger partial charge is 0.464 e. The van der Waals surface area contributed by atoms with E-state index in [1.54, 1.807) is 6.26 Å². The summed E-state index contributed by atoms with van der Waals surface area (Å²) < 4.78 is 5.40. The third kappa shape index (κ3) is 1.33. The fourth-order valence-electron chi connectivity index (χ4n) is 1.81. The molecule has 0 N–H and O–H groups in total. The molecule has 1 aliphatic heterocycles. The molecule has 1 aromatic carbocycles. The average molecular weight is 193 g/mol. The predicted molar refractivity (Wildman–Crippen MR) is 59.6 cm³/mol. The molecule has 71 valence electrons. The molecule has 0 saturated carbocycles. The lowest BCUT2D eigenvalue weighted by Crippen LogP contribution is -1.77. The molecule has 3 rings (SSSR count). The Kier molecular flexibility index (Phi) is 1.82. The van der Waals surface area contributed by atoms with Crippen molar-refractivity contribution in [1.29, 1.82) is 0 Å². The summed E-state index contributed by atoms with van der Waals surface area (Å²) in [5.74, 6) is 0.927. The van der Waals surface area contributed by atoms with Crippen molar-refractivity contribution in [1.82, 2.24) is 0 Å². The lowest BCUT2D eigenvalue weighted by atomic mass is 10.0. The van der Waals surface area contributed by atoms with E-state index in [9.17, 15) is 0 Å². The third-order valence-corrected chi connectivity index (χ3v) is 2.51. The van der Waals surface area contributed by atoms with Gasteiger partial charge in [0.1, 0.15) is 5.76 Å². The monoisotopic (exact) mass is 193 g/mol. The van der Waals surface area contributed by atoms with E-state index in [1.165, 1.54) is 11.1 Å². The lowest BCUT2D eigenvalue weighted by molar-refractivity contribution is 0.567. The van der Waals surface area contributed by atoms with Crippen LogP contribution in [0.1, 0.15) is 0 Å². The van der Waals surface area contributed by atoms with Gasteiger partial charge in [-0.25, -0.2) is 0 Å². The molecule has 1 heterocycles. The summed E-state index contributed by atoms with van der Waals surface area (Å²) in [6.45, 7) is 0. The van der Waals surface area contributed by atoms with E-state index >= 15 is 0 Å². The fraction of sp³-hybridized carbons (Fsp3) is 0. The third-order valence-electron chi connectivity index (χ3n) is 2.51. The van der Waals surface area contributed by atoms with E-state index in [4.69, 9.17) is 4.42 Å². The molecule has 1 aromatic rings. The maximum absolute atomic E-state index is 5.40. The van der Waals surface area contributed by atoms with E-state index in [0.29, 0.717) is 0 Å². The molecule has 0 fully saturated rings. The minimum Gasteiger partial charge on any atom is -0.464 e. The van der Waals surface area contributed by atoms with Crippen molar-refractivity contribution in [3.05, 3.63) is 60.9 Å². The highest BCUT2D eigenvalue weighted by Crippen LogP contribution is 2.34. The number of fused-ring (bicyclic) bond motifs is 1. The molecule has 0 atom stereocenters. The number of hydrogen-bond donors (Lipinski definition) is 0. The van der Waals surface area contributed by atoms with Crippen LogP contribution in [0.25, 0.3) is 22.5 Å². The van der Waals surface area contributed by atoms with E-state index in [1.807, 2.05) is 30.3 Å². The summed E-state index contributed by atoms with van der Waals surface area (Å²) in [4.78, 5) is 0. The Labute approximate surface area is 88.3 Å². The smallest absolute Gasteiger partial charge is 0.134 e. The maximum atomic E-state index is 5.40. The van der Waals surface area contributed by atoms with Crippen LogP contribution in [-0.4, -0.2) is 0 Å². The molecule has 1 nitrogen and oxygen atoms in total. The van der Waals surface area contributed by atoms with Crippen molar-refractivity contribution in [2.45, 2.75) is 0 Å². The highest BCUT2D eigenvalue weighted by Gasteiger charge is 2.11. The molecular weight excluding hydrogens is 184 g/mol. The Hall–Kier alpha value is -2.02. The zero-order chi connectivity index (χ0) is 10.1. The summed E-state index contributed by atoms with van der Waals surface area (Å²) in [6.07, 6.45) is 1.70. The van der Waals surface area contributed by atoms with Crippen LogP contribution in [0.15, 0.2) is 59.2 Å². The number of rotatable bonds is 1. The van der Waals surface area contributed by atoms with Gasteiger partial charge in [-0.05, 0) is 47.5 Å². The normalized spacial score (nSPS) is 10.7. The highest BCUT2D eigenvalue weighted by molar-refractivity contribution is 5.83. The molecule has 0 spiro atoms. The predicted octanol–water partition coefficient (Wildman–Crippen LogP) is 3.85. The van der Waals surface area contributed by atoms with Gasteiger partial charge in [-0.15, -0.1) is 0 Å². The van der Waals surface area contributed by atoms with Gasteiger partial charge in [-0.1, -0.05) is 18.2 Å². The van der Waals surface area contributed by atoms with Crippen LogP contribution in [0, 0.1) is 6.07 Å². The second-order valence-electron chi connectivity index (χ2n) is 3.43. The summed E-state index contributed by atoms with van der Waals surface area (Å²) in [5.41, 5.74) is 3.53. The Morgan fingerprint density at radius 2 is 1.93 bits per heavy atom. The van der Waals surface area contributed by atoms with Crippen LogP contribution in [0.2, 0.25) is 0 Å². The first-order chi connectivity index (χ1) is 7.45. The zero-order valence-corrected chi connectivity index (χ0v) is 8.10. The first-order valence-electron chi connectivity index (χ1n) is 4.88. The van der Waals surface area contributed by atoms with Crippen molar-refractivity contribution in [2.75, 3.05) is 0 Å². The quantitative estimate of drug-likeness (QED) is 0.572. The standard InChI is InChI=1S/C14H9O/c1-2-5-11(6-3-1)12-8-9-14-13(12)7-4-10-15-14/h1-2,4-10H. The summed E-state index contributed by atoms with van der Waals surface area (Å²) >= 11 is 0. The summed E-state index contributed by atoms with van der Waals surface area (Å²) in [5, 5.41) is 0. The van der Waals surface area contributed by atoms with Gasteiger partial charge in [0.25, 0.3) is 0 Å². The van der Waals surface area contributed by atoms with E-state index in [2.05, 4.69) is 24.3 Å². The topological polar surface area (TPSA) is 13.1 Å². The molecule has 1 heteroatoms. The lowest BCUT2D eigenvalue weighted by Gasteiger charge is -2.02. The van der Waals surface area contributed by atoms with Gasteiger partial charge in [-0.2, -0.15) is 0 Å². The minimum absolute atomic E-state index is 0.927. The maximum Gasteiger partial charge on any atom is 0.134 e. The van der Waals surface area contributed by atoms with Crippen molar-refractivity contribution in [3.8, 4) is 22.5 Å². The zero-order valence-electron chi connectivity index (χ0n) is 8.10. The molecule has 15 heavy (non-hydrogen) atoms. The SMILES string of the molecule is [c]1cccc(-c2ccc3occcc2-3)c1. The van der Waals surface area contributed by atoms with Crippen LogP contribution in [0.5, 0.6) is 0 Å². The van der Waals surface area contributed by atoms with Crippen molar-refractivity contribution < 1.29 is 4.42 Å². The van der Waals surface area contributed by atoms with E-state index in [-0.39, 0.29) is 0 Å². The Balaban J connectivity index is 2.22. The van der Waals surface area contributed by atoms with Gasteiger partial charge in [0.05, 0.1) is 6.26 Å². The summed E-state index contributed by atoms with van der Waals surface area (Å²) in [6, 6.07) is 19.1. The second-order valence-corrected chi connectivity index (χ2v) is 3.43. The first-order valence-corrected chi connectivity index (χ1v) is 4.88. The van der Waals surface area contributed by atoms with Crippen LogP contribution in [0.4, 0.5) is 0 Å². The van der Waals surface area contributed by atoms with E-state index < -0.39 is 0 Å². The number of benzene rings is 1. The van der Waals surface area contributed by atoms with Gasteiger partial charge in [0.2, 0.25) is 0 Å². The Morgan fingerprint density at radius 1 is 0.933 bits per heavy atom. The molecule has 0 unspecified atom stereocenters. The van der Waals surface area contributed by atoms with Crippen LogP contribution in [-0.2, 0) is 0 Å². The highest BCUT2D eigenvalue weighted by atomic mass is 16.3. The van der Waals surface area contributed by atoms with Gasteiger partial charge in [0, 0.05) is 5.56 Å². The van der Waals surface area contributed by atoms with Crippen LogP contribution in [0.3, 0.4) is 0 Å². The molecule has 2 aliphatic rings. The molecule has 0 aromatic heterocycles. The van der Waals surface area contributed by atoms with Crippen LogP contribution >= 0.6 is 0 Å². The van der Waals surface area contributed by atoms with Gasteiger partial charge >= 0.3 is 0 Å². The first kappa shape index (κ1) is 8.30. The van der Waals surface area contributed by atoms with Gasteiger partial charge in [0.15, 0.2) is 0 Å². The van der Waals surface area contributed by atoms with Gasteiger partial charge in [-0.3, -0.25) is 0 Å². The minimum atomic E-state index is 0.927. The second kappa shape index (κ2) is 3.28. The van der Waals surface area contributed by atoms with Crippen molar-refractivity contribution in [3.63, 3.8) is 0 Å². The molecule has 0 amide bonds. The number of hydrogen-bond acceptors (Lipinski definition) is 1. The Bertz CT molecular complexity index is 536. The molecule has 1 aliphatic carbocycles. The van der Waals surface area contributed by atoms with Crippen molar-refractivity contribution in [2.24, 2.45) is 0 Å². The average Bonchev–Trinajstić information content (AvgIpc) is 2.74. The van der Waals surface area contributed by atoms with Crippen molar-refractivity contribution >= 4 is 0 Å². The van der Waals surface area contributed by atoms with E-state index in [0.717, 1.165) is 11.3 Å². The summed E-state index contributed by atoms with van der Waals surface area (Å²) in [7, 11) is 0. The molecular formula is C14H9O. The fourth-order valence-corrected chi connectivity index (χ4v) is 1.81. The molecule has 0 saturated heterocycles.